The number of hydrogen-bond acceptors (Lipinski definition) is 2. The van der Waals surface area contributed by atoms with E-state index in [-0.39, 0.29) is 5.78 Å². The molecule has 0 radical (unpaired) electrons. The molecule has 0 aliphatic carbocycles. The lowest BCUT2D eigenvalue weighted by molar-refractivity contribution is -0.138. The fourth-order valence-electron chi connectivity index (χ4n) is 3.47. The second-order valence-electron chi connectivity index (χ2n) is 7.93. The Morgan fingerprint density at radius 3 is 2.26 bits per heavy atom. The largest absolute Gasteiger partial charge is 0.360 e. The number of aryl methyl sites for hydroxylation is 1. The molecule has 0 aromatic heterocycles. The first-order chi connectivity index (χ1) is 12.7. The van der Waals surface area contributed by atoms with Crippen LogP contribution in [0.4, 0.5) is 0 Å². The smallest absolute Gasteiger partial charge is 0.163 e. The van der Waals surface area contributed by atoms with Crippen LogP contribution in [0.5, 0.6) is 0 Å². The normalized spacial score (nSPS) is 13.0. The summed E-state index contributed by atoms with van der Waals surface area (Å²) in [7, 11) is 0. The van der Waals surface area contributed by atoms with Gasteiger partial charge in [-0.05, 0) is 79.8 Å². The Morgan fingerprint density at radius 1 is 1.04 bits per heavy atom. The van der Waals surface area contributed by atoms with Gasteiger partial charge in [0.1, 0.15) is 6.10 Å². The highest BCUT2D eigenvalue weighted by Crippen LogP contribution is 2.40. The number of benzene rings is 3. The summed E-state index contributed by atoms with van der Waals surface area (Å²) in [4.78, 5) is 12.6. The van der Waals surface area contributed by atoms with Crippen LogP contribution in [0.25, 0.3) is 21.9 Å². The van der Waals surface area contributed by atoms with Gasteiger partial charge < -0.3 is 4.74 Å². The quantitative estimate of drug-likeness (QED) is 0.491. The standard InChI is InChI=1S/C24H25ClO2/c1-15-14-18-8-6-7-9-20(18)22(17-10-12-19(25)13-11-17)21(15)23(16(2)26)27-24(3,4)5/h6-14,23H,1-5H3. The molecule has 0 amide bonds. The molecule has 3 aromatic carbocycles. The molecule has 0 aliphatic rings. The molecular weight excluding hydrogens is 356 g/mol. The minimum Gasteiger partial charge on any atom is -0.360 e. The van der Waals surface area contributed by atoms with E-state index in [1.54, 1.807) is 6.92 Å². The monoisotopic (exact) mass is 380 g/mol. The van der Waals surface area contributed by atoms with Crippen molar-refractivity contribution in [3.05, 3.63) is 70.7 Å². The fourth-order valence-corrected chi connectivity index (χ4v) is 3.59. The third-order valence-electron chi connectivity index (χ3n) is 4.53. The Kier molecular flexibility index (Phi) is 5.41. The number of carbonyl (C=O) groups is 1. The third kappa shape index (κ3) is 4.23. The Morgan fingerprint density at radius 2 is 1.67 bits per heavy atom. The summed E-state index contributed by atoms with van der Waals surface area (Å²) in [5, 5.41) is 2.93. The number of rotatable bonds is 4. The second kappa shape index (κ2) is 7.46. The van der Waals surface area contributed by atoms with Crippen LogP contribution in [0.15, 0.2) is 54.6 Å². The average Bonchev–Trinajstić information content (AvgIpc) is 2.59. The van der Waals surface area contributed by atoms with Crippen LogP contribution in [0.2, 0.25) is 5.02 Å². The van der Waals surface area contributed by atoms with Crippen molar-refractivity contribution in [1.29, 1.82) is 0 Å². The fraction of sp³-hybridized carbons (Fsp3) is 0.292. The maximum absolute atomic E-state index is 12.6. The van der Waals surface area contributed by atoms with Crippen LogP contribution < -0.4 is 0 Å². The van der Waals surface area contributed by atoms with Gasteiger partial charge in [-0.15, -0.1) is 0 Å². The predicted octanol–water partition coefficient (Wildman–Crippen LogP) is 6.91. The number of Topliss-reactive ketones (excluding diaryl/α,β-unsaturated/α-hetero) is 1. The summed E-state index contributed by atoms with van der Waals surface area (Å²) < 4.78 is 6.23. The molecule has 3 aromatic rings. The molecular formula is C24H25ClO2. The van der Waals surface area contributed by atoms with E-state index in [2.05, 4.69) is 18.2 Å². The maximum atomic E-state index is 12.6. The summed E-state index contributed by atoms with van der Waals surface area (Å²) >= 11 is 6.11. The topological polar surface area (TPSA) is 26.3 Å². The summed E-state index contributed by atoms with van der Waals surface area (Å²) in [5.41, 5.74) is 3.59. The molecule has 140 valence electrons. The van der Waals surface area contributed by atoms with Crippen LogP contribution in [0.3, 0.4) is 0 Å². The van der Waals surface area contributed by atoms with E-state index in [0.29, 0.717) is 5.02 Å². The lowest BCUT2D eigenvalue weighted by Gasteiger charge is -2.29. The summed E-state index contributed by atoms with van der Waals surface area (Å²) in [6.07, 6.45) is -0.625. The number of ketones is 1. The minimum absolute atomic E-state index is 0.00137. The van der Waals surface area contributed by atoms with Gasteiger partial charge in [0.25, 0.3) is 0 Å². The van der Waals surface area contributed by atoms with Crippen molar-refractivity contribution in [3.8, 4) is 11.1 Å². The summed E-state index contributed by atoms with van der Waals surface area (Å²) in [5.74, 6) is -0.00137. The van der Waals surface area contributed by atoms with E-state index in [0.717, 1.165) is 33.0 Å². The molecule has 3 heteroatoms. The Labute approximate surface area is 166 Å². The summed E-state index contributed by atoms with van der Waals surface area (Å²) in [6.45, 7) is 9.56. The van der Waals surface area contributed by atoms with Crippen molar-refractivity contribution in [2.45, 2.75) is 46.3 Å². The molecule has 0 heterocycles. The van der Waals surface area contributed by atoms with E-state index >= 15 is 0 Å². The third-order valence-corrected chi connectivity index (χ3v) is 4.78. The molecule has 0 bridgehead atoms. The molecule has 0 spiro atoms. The Balaban J connectivity index is 2.37. The number of hydrogen-bond donors (Lipinski definition) is 0. The van der Waals surface area contributed by atoms with Crippen LogP contribution in [-0.4, -0.2) is 11.4 Å². The first kappa shape index (κ1) is 19.6. The van der Waals surface area contributed by atoms with Crippen molar-refractivity contribution < 1.29 is 9.53 Å². The molecule has 3 rings (SSSR count). The van der Waals surface area contributed by atoms with Crippen LogP contribution >= 0.6 is 11.6 Å². The lowest BCUT2D eigenvalue weighted by Crippen LogP contribution is -2.27. The van der Waals surface area contributed by atoms with Gasteiger partial charge in [0.2, 0.25) is 0 Å². The number of fused-ring (bicyclic) bond motifs is 1. The average molecular weight is 381 g/mol. The molecule has 0 saturated carbocycles. The van der Waals surface area contributed by atoms with Crippen molar-refractivity contribution in [1.82, 2.24) is 0 Å². The van der Waals surface area contributed by atoms with E-state index in [1.807, 2.05) is 64.1 Å². The minimum atomic E-state index is -0.625. The zero-order valence-corrected chi connectivity index (χ0v) is 17.2. The lowest BCUT2D eigenvalue weighted by atomic mass is 9.86. The molecule has 0 aliphatic heterocycles. The Bertz CT molecular complexity index is 982. The van der Waals surface area contributed by atoms with Gasteiger partial charge >= 0.3 is 0 Å². The van der Waals surface area contributed by atoms with Gasteiger partial charge in [-0.3, -0.25) is 4.79 Å². The first-order valence-corrected chi connectivity index (χ1v) is 9.51. The molecule has 2 nitrogen and oxygen atoms in total. The Hall–Kier alpha value is -2.16. The van der Waals surface area contributed by atoms with E-state index in [4.69, 9.17) is 16.3 Å². The van der Waals surface area contributed by atoms with Gasteiger partial charge in [0, 0.05) is 5.02 Å². The highest BCUT2D eigenvalue weighted by Gasteiger charge is 2.29. The van der Waals surface area contributed by atoms with Gasteiger partial charge in [-0.25, -0.2) is 0 Å². The van der Waals surface area contributed by atoms with Crippen molar-refractivity contribution in [2.75, 3.05) is 0 Å². The van der Waals surface area contributed by atoms with Gasteiger partial charge in [0.15, 0.2) is 5.78 Å². The van der Waals surface area contributed by atoms with Crippen molar-refractivity contribution in [2.24, 2.45) is 0 Å². The molecule has 0 N–H and O–H groups in total. The maximum Gasteiger partial charge on any atom is 0.163 e. The second-order valence-corrected chi connectivity index (χ2v) is 8.37. The zero-order valence-electron chi connectivity index (χ0n) is 16.5. The van der Waals surface area contributed by atoms with Crippen LogP contribution in [0, 0.1) is 6.92 Å². The molecule has 1 atom stereocenters. The molecule has 0 fully saturated rings. The van der Waals surface area contributed by atoms with Crippen molar-refractivity contribution in [3.63, 3.8) is 0 Å². The highest BCUT2D eigenvalue weighted by atomic mass is 35.5. The van der Waals surface area contributed by atoms with Crippen LogP contribution in [0.1, 0.15) is 44.9 Å². The van der Waals surface area contributed by atoms with E-state index in [9.17, 15) is 4.79 Å². The van der Waals surface area contributed by atoms with Crippen LogP contribution in [-0.2, 0) is 9.53 Å². The van der Waals surface area contributed by atoms with E-state index in [1.165, 1.54) is 0 Å². The first-order valence-electron chi connectivity index (χ1n) is 9.14. The van der Waals surface area contributed by atoms with Gasteiger partial charge in [0.05, 0.1) is 5.60 Å². The SMILES string of the molecule is CC(=O)C(OC(C)(C)C)c1c(C)cc2ccccc2c1-c1ccc(Cl)cc1. The van der Waals surface area contributed by atoms with E-state index < -0.39 is 11.7 Å². The molecule has 0 saturated heterocycles. The highest BCUT2D eigenvalue weighted by molar-refractivity contribution is 6.30. The summed E-state index contributed by atoms with van der Waals surface area (Å²) in [6, 6.07) is 18.1. The van der Waals surface area contributed by atoms with Crippen molar-refractivity contribution >= 4 is 28.2 Å². The zero-order chi connectivity index (χ0) is 19.8. The molecule has 1 unspecified atom stereocenters. The van der Waals surface area contributed by atoms with Gasteiger partial charge in [-0.1, -0.05) is 54.1 Å². The number of halogens is 1. The predicted molar refractivity (Wildman–Crippen MR) is 113 cm³/mol. The number of ether oxygens (including phenoxy) is 1. The van der Waals surface area contributed by atoms with Gasteiger partial charge in [-0.2, -0.15) is 0 Å². The molecule has 27 heavy (non-hydrogen) atoms. The number of carbonyl (C=O) groups excluding carboxylic acids is 1.